The fourth-order valence-electron chi connectivity index (χ4n) is 6.16. The summed E-state index contributed by atoms with van der Waals surface area (Å²) in [5.74, 6) is 1.66. The lowest BCUT2D eigenvalue weighted by molar-refractivity contribution is 0.114. The van der Waals surface area contributed by atoms with Crippen molar-refractivity contribution in [3.8, 4) is 17.0 Å². The molecule has 228 valence electrons. The van der Waals surface area contributed by atoms with Gasteiger partial charge in [0.05, 0.1) is 42.1 Å². The number of methoxy groups -OCH3 is 1. The molecule has 0 aliphatic carbocycles. The molecule has 2 atom stereocenters. The molecular formula is C31H38IN7O3S. The van der Waals surface area contributed by atoms with Crippen molar-refractivity contribution in [2.75, 3.05) is 54.1 Å². The number of likely N-dealkylation sites (tertiary alicyclic amines) is 1. The number of piperidine rings is 1. The number of ether oxygens (including phenoxy) is 1. The minimum Gasteiger partial charge on any atom is -0.495 e. The lowest BCUT2D eigenvalue weighted by Crippen LogP contribution is -2.59. The number of alkyl halides is 1. The Morgan fingerprint density at radius 2 is 1.91 bits per heavy atom. The van der Waals surface area contributed by atoms with Crippen LogP contribution in [0, 0.1) is 0 Å². The number of sulfonamides is 1. The van der Waals surface area contributed by atoms with Crippen molar-refractivity contribution in [1.29, 1.82) is 0 Å². The molecule has 43 heavy (non-hydrogen) atoms. The summed E-state index contributed by atoms with van der Waals surface area (Å²) in [7, 11) is -0.199. The van der Waals surface area contributed by atoms with Crippen LogP contribution in [0.4, 0.5) is 17.3 Å². The summed E-state index contributed by atoms with van der Waals surface area (Å²) >= 11 is 2.54. The summed E-state index contributed by atoms with van der Waals surface area (Å²) in [5, 5.41) is 11.7. The molecular weight excluding hydrogens is 677 g/mol. The van der Waals surface area contributed by atoms with Gasteiger partial charge in [-0.05, 0) is 80.7 Å². The largest absolute Gasteiger partial charge is 0.495 e. The molecule has 12 heteroatoms. The van der Waals surface area contributed by atoms with Crippen molar-refractivity contribution in [3.63, 3.8) is 0 Å². The van der Waals surface area contributed by atoms with E-state index in [1.54, 1.807) is 30.9 Å². The number of rotatable bonds is 10. The van der Waals surface area contributed by atoms with Gasteiger partial charge in [0.2, 0.25) is 16.0 Å². The van der Waals surface area contributed by atoms with Crippen LogP contribution < -0.4 is 19.7 Å². The topological polar surface area (TPSA) is 104 Å². The highest BCUT2D eigenvalue weighted by Crippen LogP contribution is 2.36. The molecule has 2 aromatic heterocycles. The third-order valence-corrected chi connectivity index (χ3v) is 10.9. The third-order valence-electron chi connectivity index (χ3n) is 8.84. The van der Waals surface area contributed by atoms with Gasteiger partial charge in [-0.2, -0.15) is 0 Å². The highest BCUT2D eigenvalue weighted by Gasteiger charge is 2.33. The zero-order chi connectivity index (χ0) is 30.1. The molecule has 0 spiro atoms. The van der Waals surface area contributed by atoms with Gasteiger partial charge in [0, 0.05) is 29.1 Å². The molecule has 2 aliphatic rings. The third kappa shape index (κ3) is 6.19. The quantitative estimate of drug-likeness (QED) is 0.177. The van der Waals surface area contributed by atoms with Crippen LogP contribution in [0.2, 0.25) is 0 Å². The van der Waals surface area contributed by atoms with Gasteiger partial charge >= 0.3 is 0 Å². The molecule has 2 unspecified atom stereocenters. The summed E-state index contributed by atoms with van der Waals surface area (Å²) in [6.07, 6.45) is 6.51. The minimum absolute atomic E-state index is 0.410. The first-order valence-corrected chi connectivity index (χ1v) is 18.0. The van der Waals surface area contributed by atoms with Gasteiger partial charge in [-0.25, -0.2) is 17.9 Å². The number of nitrogens with zero attached hydrogens (tertiary/aromatic N) is 5. The van der Waals surface area contributed by atoms with Gasteiger partial charge in [0.15, 0.2) is 0 Å². The SMILES string of the molecule is COc1cc(C2CCN(C(CI)C3CCN3)CC2)ccc1Nc1ncc2ccc(-c3ccccc3N(C)S(C)(=O)=O)n2n1. The predicted molar refractivity (Wildman–Crippen MR) is 181 cm³/mol. The molecule has 4 aromatic rings. The Kier molecular flexibility index (Phi) is 8.81. The number of hydrogen-bond donors (Lipinski definition) is 2. The monoisotopic (exact) mass is 715 g/mol. The normalized spacial score (nSPS) is 18.7. The molecule has 0 saturated carbocycles. The Bertz CT molecular complexity index is 1700. The Balaban J connectivity index is 1.21. The van der Waals surface area contributed by atoms with E-state index in [1.165, 1.54) is 22.5 Å². The second-order valence-corrected chi connectivity index (χ2v) is 14.2. The van der Waals surface area contributed by atoms with Crippen LogP contribution in [0.3, 0.4) is 0 Å². The maximum atomic E-state index is 12.3. The van der Waals surface area contributed by atoms with Gasteiger partial charge in [0.1, 0.15) is 5.75 Å². The van der Waals surface area contributed by atoms with Gasteiger partial charge in [-0.15, -0.1) is 5.10 Å². The summed E-state index contributed by atoms with van der Waals surface area (Å²) < 4.78 is 34.7. The number of anilines is 3. The Hall–Kier alpha value is -2.94. The van der Waals surface area contributed by atoms with E-state index in [9.17, 15) is 8.42 Å². The number of nitrogens with one attached hydrogen (secondary N) is 2. The molecule has 2 saturated heterocycles. The van der Waals surface area contributed by atoms with Crippen LogP contribution in [0.5, 0.6) is 5.75 Å². The molecule has 10 nitrogen and oxygen atoms in total. The predicted octanol–water partition coefficient (Wildman–Crippen LogP) is 4.89. The van der Waals surface area contributed by atoms with Crippen LogP contribution >= 0.6 is 22.6 Å². The fraction of sp³-hybridized carbons (Fsp3) is 0.419. The number of benzene rings is 2. The van der Waals surface area contributed by atoms with Gasteiger partial charge in [-0.3, -0.25) is 9.21 Å². The first-order valence-electron chi connectivity index (χ1n) is 14.6. The Morgan fingerprint density at radius 1 is 1.14 bits per heavy atom. The van der Waals surface area contributed by atoms with Crippen molar-refractivity contribution >= 4 is 55.5 Å². The second kappa shape index (κ2) is 12.6. The number of aromatic nitrogens is 3. The zero-order valence-electron chi connectivity index (χ0n) is 24.7. The van der Waals surface area contributed by atoms with Crippen molar-refractivity contribution in [2.45, 2.75) is 37.3 Å². The average Bonchev–Trinajstić information content (AvgIpc) is 3.41. The van der Waals surface area contributed by atoms with Crippen LogP contribution in [-0.4, -0.2) is 84.5 Å². The fourth-order valence-corrected chi connectivity index (χ4v) is 7.84. The van der Waals surface area contributed by atoms with E-state index in [1.807, 2.05) is 36.4 Å². The van der Waals surface area contributed by atoms with E-state index in [0.717, 1.165) is 65.1 Å². The lowest BCUT2D eigenvalue weighted by atomic mass is 9.87. The van der Waals surface area contributed by atoms with E-state index in [-0.39, 0.29) is 0 Å². The molecule has 2 aliphatic heterocycles. The van der Waals surface area contributed by atoms with Crippen LogP contribution in [0.1, 0.15) is 30.7 Å². The maximum absolute atomic E-state index is 12.3. The number of halogens is 1. The van der Waals surface area contributed by atoms with E-state index in [4.69, 9.17) is 9.84 Å². The summed E-state index contributed by atoms with van der Waals surface area (Å²) in [6, 6.07) is 18.9. The summed E-state index contributed by atoms with van der Waals surface area (Å²) in [6.45, 7) is 3.39. The Morgan fingerprint density at radius 3 is 2.58 bits per heavy atom. The Labute approximate surface area is 267 Å². The molecule has 2 fully saturated rings. The van der Waals surface area contributed by atoms with Crippen LogP contribution in [0.25, 0.3) is 16.8 Å². The first kappa shape index (κ1) is 30.1. The molecule has 0 bridgehead atoms. The van der Waals surface area contributed by atoms with E-state index in [0.29, 0.717) is 29.6 Å². The number of hydrogen-bond acceptors (Lipinski definition) is 8. The van der Waals surface area contributed by atoms with E-state index in [2.05, 4.69) is 55.2 Å². The number of para-hydroxylation sites is 1. The average molecular weight is 716 g/mol. The smallest absolute Gasteiger partial charge is 0.245 e. The summed E-state index contributed by atoms with van der Waals surface area (Å²) in [4.78, 5) is 7.21. The molecule has 2 N–H and O–H groups in total. The van der Waals surface area contributed by atoms with Crippen molar-refractivity contribution in [2.24, 2.45) is 0 Å². The highest BCUT2D eigenvalue weighted by atomic mass is 127. The van der Waals surface area contributed by atoms with Crippen LogP contribution in [-0.2, 0) is 10.0 Å². The molecule has 6 rings (SSSR count). The second-order valence-electron chi connectivity index (χ2n) is 11.4. The van der Waals surface area contributed by atoms with Crippen molar-refractivity contribution in [3.05, 3.63) is 66.4 Å². The number of fused-ring (bicyclic) bond motifs is 1. The molecule has 0 amide bonds. The molecule has 4 heterocycles. The standard InChI is InChI=1S/C31H38IN7O3S/c1-37(43(3,40)41)27-7-5-4-6-24(27)28-11-9-23-20-34-31(36-39(23)28)35-26-10-8-22(18-30(26)42-2)21-13-16-38(17-14-21)29(19-32)25-12-15-33-25/h4-11,18,20-21,25,29,33H,12-17,19H2,1-3H3,(H,35,36). The molecule has 0 radical (unpaired) electrons. The first-order chi connectivity index (χ1) is 20.8. The van der Waals surface area contributed by atoms with Gasteiger partial charge < -0.3 is 15.4 Å². The highest BCUT2D eigenvalue weighted by molar-refractivity contribution is 14.1. The van der Waals surface area contributed by atoms with Crippen LogP contribution in [0.15, 0.2) is 60.8 Å². The summed E-state index contributed by atoms with van der Waals surface area (Å²) in [5.41, 5.74) is 4.97. The van der Waals surface area contributed by atoms with Crippen molar-refractivity contribution < 1.29 is 13.2 Å². The minimum atomic E-state index is -3.44. The van der Waals surface area contributed by atoms with E-state index < -0.39 is 10.0 Å². The van der Waals surface area contributed by atoms with Gasteiger partial charge in [0.25, 0.3) is 0 Å². The molecule has 2 aromatic carbocycles. The van der Waals surface area contributed by atoms with Gasteiger partial charge in [-0.1, -0.05) is 46.9 Å². The maximum Gasteiger partial charge on any atom is 0.245 e. The van der Waals surface area contributed by atoms with Crippen molar-refractivity contribution in [1.82, 2.24) is 24.8 Å². The zero-order valence-corrected chi connectivity index (χ0v) is 27.7. The van der Waals surface area contributed by atoms with E-state index >= 15 is 0 Å². The lowest BCUT2D eigenvalue weighted by Gasteiger charge is -2.44.